The molecule has 0 atom stereocenters. The van der Waals surface area contributed by atoms with E-state index in [4.69, 9.17) is 21.1 Å². The topological polar surface area (TPSA) is 30.5 Å². The molecule has 100 valence electrons. The van der Waals surface area contributed by atoms with Crippen molar-refractivity contribution in [2.24, 2.45) is 5.92 Å². The average Bonchev–Trinajstić information content (AvgIpc) is 3.19. The molecule has 1 N–H and O–H groups in total. The molecule has 0 spiro atoms. The van der Waals surface area contributed by atoms with Gasteiger partial charge in [-0.2, -0.15) is 0 Å². The lowest BCUT2D eigenvalue weighted by atomic mass is 10.2. The summed E-state index contributed by atoms with van der Waals surface area (Å²) < 4.78 is 10.5. The fraction of sp³-hybridized carbons (Fsp3) is 0.571. The van der Waals surface area contributed by atoms with Crippen LogP contribution < -0.4 is 14.8 Å². The van der Waals surface area contributed by atoms with Crippen LogP contribution in [0.25, 0.3) is 0 Å². The summed E-state index contributed by atoms with van der Waals surface area (Å²) in [6, 6.07) is 3.87. The number of rotatable bonds is 7. The molecule has 0 heterocycles. The lowest BCUT2D eigenvalue weighted by Crippen LogP contribution is -2.15. The lowest BCUT2D eigenvalue weighted by molar-refractivity contribution is 0.354. The third-order valence-electron chi connectivity index (χ3n) is 3.31. The summed E-state index contributed by atoms with van der Waals surface area (Å²) in [6.45, 7) is 1.82. The molecule has 3 nitrogen and oxygen atoms in total. The third-order valence-corrected chi connectivity index (χ3v) is 3.72. The minimum absolute atomic E-state index is 0.612. The van der Waals surface area contributed by atoms with Crippen LogP contribution in [0.2, 0.25) is 5.02 Å². The molecule has 1 aliphatic carbocycles. The molecule has 18 heavy (non-hydrogen) atoms. The van der Waals surface area contributed by atoms with Crippen molar-refractivity contribution in [2.45, 2.75) is 25.8 Å². The molecule has 4 heteroatoms. The Morgan fingerprint density at radius 1 is 1.28 bits per heavy atom. The third kappa shape index (κ3) is 3.30. The van der Waals surface area contributed by atoms with Gasteiger partial charge in [-0.3, -0.25) is 0 Å². The van der Waals surface area contributed by atoms with Crippen molar-refractivity contribution >= 4 is 11.6 Å². The summed E-state index contributed by atoms with van der Waals surface area (Å²) in [6.07, 6.45) is 4.07. The van der Waals surface area contributed by atoms with Gasteiger partial charge in [-0.25, -0.2) is 0 Å². The number of ether oxygens (including phenoxy) is 2. The van der Waals surface area contributed by atoms with Gasteiger partial charge in [0.15, 0.2) is 11.5 Å². The molecule has 2 rings (SSSR count). The predicted molar refractivity (Wildman–Crippen MR) is 73.6 cm³/mol. The van der Waals surface area contributed by atoms with Crippen LogP contribution in [0.1, 0.15) is 24.8 Å². The van der Waals surface area contributed by atoms with E-state index in [1.165, 1.54) is 19.3 Å². The highest BCUT2D eigenvalue weighted by Crippen LogP contribution is 2.37. The zero-order chi connectivity index (χ0) is 13.0. The highest BCUT2D eigenvalue weighted by molar-refractivity contribution is 6.33. The zero-order valence-corrected chi connectivity index (χ0v) is 11.7. The molecule has 0 aliphatic heterocycles. The highest BCUT2D eigenvalue weighted by atomic mass is 35.5. The molecule has 0 aromatic heterocycles. The molecule has 0 saturated heterocycles. The number of hydrogen-bond donors (Lipinski definition) is 1. The zero-order valence-electron chi connectivity index (χ0n) is 11.0. The van der Waals surface area contributed by atoms with Crippen LogP contribution >= 0.6 is 11.6 Å². The highest BCUT2D eigenvalue weighted by Gasteiger charge is 2.20. The standard InChI is InChI=1S/C14H20ClNO2/c1-17-12-6-5-11(13(15)14(12)18-2)9-16-8-7-10-3-4-10/h5-6,10,16H,3-4,7-9H2,1-2H3. The Hall–Kier alpha value is -0.930. The van der Waals surface area contributed by atoms with E-state index in [2.05, 4.69) is 5.32 Å². The molecular formula is C14H20ClNO2. The van der Waals surface area contributed by atoms with Gasteiger partial charge in [0.2, 0.25) is 0 Å². The summed E-state index contributed by atoms with van der Waals surface area (Å²) in [4.78, 5) is 0. The fourth-order valence-corrected chi connectivity index (χ4v) is 2.30. The first-order valence-electron chi connectivity index (χ1n) is 6.36. The summed E-state index contributed by atoms with van der Waals surface area (Å²) in [5, 5.41) is 4.06. The number of hydrogen-bond acceptors (Lipinski definition) is 3. The summed E-state index contributed by atoms with van der Waals surface area (Å²) in [5.74, 6) is 2.24. The number of methoxy groups -OCH3 is 2. The number of benzene rings is 1. The van der Waals surface area contributed by atoms with Crippen LogP contribution in [0.3, 0.4) is 0 Å². The molecule has 0 unspecified atom stereocenters. The van der Waals surface area contributed by atoms with E-state index >= 15 is 0 Å². The Morgan fingerprint density at radius 3 is 2.67 bits per heavy atom. The Labute approximate surface area is 113 Å². The molecule has 0 bridgehead atoms. The monoisotopic (exact) mass is 269 g/mol. The van der Waals surface area contributed by atoms with Gasteiger partial charge in [0.1, 0.15) is 0 Å². The van der Waals surface area contributed by atoms with Crippen LogP contribution in [0.15, 0.2) is 12.1 Å². The van der Waals surface area contributed by atoms with Gasteiger partial charge in [0.25, 0.3) is 0 Å². The molecule has 1 aliphatic rings. The lowest BCUT2D eigenvalue weighted by Gasteiger charge is -2.13. The largest absolute Gasteiger partial charge is 0.493 e. The molecule has 0 amide bonds. The van der Waals surface area contributed by atoms with E-state index in [1.807, 2.05) is 12.1 Å². The molecule has 1 fully saturated rings. The van der Waals surface area contributed by atoms with Gasteiger partial charge in [-0.1, -0.05) is 30.5 Å². The minimum Gasteiger partial charge on any atom is -0.493 e. The van der Waals surface area contributed by atoms with Crippen molar-refractivity contribution in [3.8, 4) is 11.5 Å². The van der Waals surface area contributed by atoms with E-state index in [0.29, 0.717) is 16.5 Å². The van der Waals surface area contributed by atoms with E-state index in [1.54, 1.807) is 14.2 Å². The molecule has 1 aromatic rings. The van der Waals surface area contributed by atoms with E-state index in [-0.39, 0.29) is 0 Å². The Morgan fingerprint density at radius 2 is 2.06 bits per heavy atom. The minimum atomic E-state index is 0.612. The summed E-state index contributed by atoms with van der Waals surface area (Å²) >= 11 is 6.30. The molecule has 1 aromatic carbocycles. The van der Waals surface area contributed by atoms with E-state index in [9.17, 15) is 0 Å². The Bertz CT molecular complexity index is 405. The smallest absolute Gasteiger partial charge is 0.179 e. The first-order chi connectivity index (χ1) is 8.76. The second kappa shape index (κ2) is 6.30. The van der Waals surface area contributed by atoms with Crippen molar-refractivity contribution < 1.29 is 9.47 Å². The number of nitrogens with one attached hydrogen (secondary N) is 1. The van der Waals surface area contributed by atoms with Gasteiger partial charge >= 0.3 is 0 Å². The van der Waals surface area contributed by atoms with E-state index in [0.717, 1.165) is 24.6 Å². The summed E-state index contributed by atoms with van der Waals surface area (Å²) in [7, 11) is 3.22. The van der Waals surface area contributed by atoms with Crippen molar-refractivity contribution in [3.05, 3.63) is 22.7 Å². The van der Waals surface area contributed by atoms with Crippen LogP contribution in [-0.2, 0) is 6.54 Å². The quantitative estimate of drug-likeness (QED) is 0.771. The average molecular weight is 270 g/mol. The van der Waals surface area contributed by atoms with Crippen LogP contribution in [0.4, 0.5) is 0 Å². The Kier molecular flexibility index (Phi) is 4.72. The van der Waals surface area contributed by atoms with Crippen LogP contribution in [0, 0.1) is 5.92 Å². The second-order valence-electron chi connectivity index (χ2n) is 4.68. The van der Waals surface area contributed by atoms with Crippen molar-refractivity contribution in [2.75, 3.05) is 20.8 Å². The first kappa shape index (κ1) is 13.5. The first-order valence-corrected chi connectivity index (χ1v) is 6.74. The van der Waals surface area contributed by atoms with Gasteiger partial charge in [-0.15, -0.1) is 0 Å². The molecule has 1 saturated carbocycles. The maximum atomic E-state index is 6.30. The van der Waals surface area contributed by atoms with Gasteiger partial charge in [0, 0.05) is 6.54 Å². The SMILES string of the molecule is COc1ccc(CNCCC2CC2)c(Cl)c1OC. The fourth-order valence-electron chi connectivity index (χ4n) is 2.00. The van der Waals surface area contributed by atoms with E-state index < -0.39 is 0 Å². The van der Waals surface area contributed by atoms with Crippen molar-refractivity contribution in [1.82, 2.24) is 5.32 Å². The predicted octanol–water partition coefficient (Wildman–Crippen LogP) is 3.25. The Balaban J connectivity index is 1.94. The second-order valence-corrected chi connectivity index (χ2v) is 5.06. The maximum Gasteiger partial charge on any atom is 0.179 e. The van der Waals surface area contributed by atoms with Gasteiger partial charge in [0.05, 0.1) is 19.2 Å². The maximum absolute atomic E-state index is 6.30. The number of halogens is 1. The van der Waals surface area contributed by atoms with Gasteiger partial charge < -0.3 is 14.8 Å². The van der Waals surface area contributed by atoms with Crippen LogP contribution in [-0.4, -0.2) is 20.8 Å². The normalized spacial score (nSPS) is 14.6. The van der Waals surface area contributed by atoms with Crippen molar-refractivity contribution in [1.29, 1.82) is 0 Å². The van der Waals surface area contributed by atoms with Crippen LogP contribution in [0.5, 0.6) is 11.5 Å². The summed E-state index contributed by atoms with van der Waals surface area (Å²) in [5.41, 5.74) is 1.05. The van der Waals surface area contributed by atoms with Crippen molar-refractivity contribution in [3.63, 3.8) is 0 Å². The van der Waals surface area contributed by atoms with Gasteiger partial charge in [-0.05, 0) is 30.5 Å². The molecular weight excluding hydrogens is 250 g/mol. The molecule has 0 radical (unpaired) electrons.